The van der Waals surface area contributed by atoms with E-state index in [9.17, 15) is 4.79 Å². The minimum Gasteiger partial charge on any atom is -0.508 e. The van der Waals surface area contributed by atoms with Crippen LogP contribution in [0, 0.1) is 6.57 Å². The molecule has 0 N–H and O–H groups in total. The lowest BCUT2D eigenvalue weighted by Gasteiger charge is -2.31. The number of Topliss-reactive ketones (excluding diaryl/α,β-unsaturated/α-hetero) is 1. The van der Waals surface area contributed by atoms with E-state index in [2.05, 4.69) is 4.85 Å². The summed E-state index contributed by atoms with van der Waals surface area (Å²) < 4.78 is 5.21. The molecule has 1 aromatic rings. The minimum atomic E-state index is -0.471. The molecule has 0 fully saturated rings. The molecule has 0 saturated heterocycles. The fraction of sp³-hybridized carbons (Fsp3) is 0.429. The Morgan fingerprint density at radius 2 is 2.06 bits per heavy atom. The molecule has 2 rings (SSSR count). The number of ketones is 1. The molecule has 0 amide bonds. The molecule has 0 spiro atoms. The van der Waals surface area contributed by atoms with E-state index in [0.717, 1.165) is 17.5 Å². The van der Waals surface area contributed by atoms with Gasteiger partial charge in [-0.05, 0) is 38.0 Å². The molecule has 1 aliphatic rings. The molecule has 3 heteroatoms. The summed E-state index contributed by atoms with van der Waals surface area (Å²) in [4.78, 5) is 15.4. The van der Waals surface area contributed by atoms with E-state index >= 15 is 0 Å². The first-order valence-corrected chi connectivity index (χ1v) is 5.63. The average Bonchev–Trinajstić information content (AvgIpc) is 2.33. The number of hydrogen-bond acceptors (Lipinski definition) is 2. The van der Waals surface area contributed by atoms with Crippen molar-refractivity contribution in [3.63, 3.8) is 0 Å². The summed E-state index contributed by atoms with van der Waals surface area (Å²) in [6, 6.07) is 3.70. The lowest BCUT2D eigenvalue weighted by molar-refractivity contribution is -0.124. The van der Waals surface area contributed by atoms with Crippen LogP contribution in [0.3, 0.4) is 0 Å². The third kappa shape index (κ3) is 1.70. The van der Waals surface area contributed by atoms with Crippen molar-refractivity contribution in [3.8, 4) is 5.75 Å². The van der Waals surface area contributed by atoms with Crippen LogP contribution in [0.2, 0.25) is 0 Å². The molecule has 0 aromatic heterocycles. The number of methoxy groups -OCH3 is 1. The smallest absolute Gasteiger partial charge is 0.228 e. The van der Waals surface area contributed by atoms with E-state index in [4.69, 9.17) is 11.3 Å². The average molecular weight is 229 g/mol. The normalized spacial score (nSPS) is 17.2. The van der Waals surface area contributed by atoms with E-state index < -0.39 is 5.41 Å². The molecule has 0 saturated carbocycles. The molecule has 0 heterocycles. The Labute approximate surface area is 101 Å². The Morgan fingerprint density at radius 3 is 2.65 bits per heavy atom. The van der Waals surface area contributed by atoms with E-state index in [1.807, 2.05) is 26.0 Å². The summed E-state index contributed by atoms with van der Waals surface area (Å²) in [6.07, 6.45) is 1.29. The van der Waals surface area contributed by atoms with Crippen molar-refractivity contribution in [2.75, 3.05) is 7.11 Å². The first-order chi connectivity index (χ1) is 8.00. The zero-order valence-electron chi connectivity index (χ0n) is 10.3. The van der Waals surface area contributed by atoms with Crippen LogP contribution in [-0.2, 0) is 16.6 Å². The Kier molecular flexibility index (Phi) is 2.66. The van der Waals surface area contributed by atoms with Gasteiger partial charge in [0.05, 0.1) is 13.7 Å². The number of benzene rings is 1. The number of fused-ring (bicyclic) bond motifs is 1. The van der Waals surface area contributed by atoms with Crippen molar-refractivity contribution >= 4 is 11.5 Å². The number of rotatable bonds is 1. The number of carbonyl (C=O) groups is 1. The van der Waals surface area contributed by atoms with Gasteiger partial charge in [-0.25, -0.2) is 4.85 Å². The summed E-state index contributed by atoms with van der Waals surface area (Å²) >= 11 is 0. The molecule has 1 aromatic carbocycles. The highest BCUT2D eigenvalue weighted by molar-refractivity contribution is 5.92. The standard InChI is InChI=1S/C14H15NO2/c1-14(2)10-8-12(17-4)11(15-3)7-9(10)5-6-13(14)16/h7-8H,5-6H2,1-2,4H3. The topological polar surface area (TPSA) is 30.7 Å². The number of hydrogen-bond donors (Lipinski definition) is 0. The Bertz CT molecular complexity index is 524. The highest BCUT2D eigenvalue weighted by Crippen LogP contribution is 2.40. The molecule has 0 radical (unpaired) electrons. The van der Waals surface area contributed by atoms with Crippen molar-refractivity contribution < 1.29 is 9.53 Å². The van der Waals surface area contributed by atoms with Gasteiger partial charge in [0, 0.05) is 11.8 Å². The summed E-state index contributed by atoms with van der Waals surface area (Å²) in [5, 5.41) is 0. The van der Waals surface area contributed by atoms with Gasteiger partial charge < -0.3 is 4.74 Å². The summed E-state index contributed by atoms with van der Waals surface area (Å²) in [5.74, 6) is 0.809. The van der Waals surface area contributed by atoms with Gasteiger partial charge in [0.2, 0.25) is 5.69 Å². The highest BCUT2D eigenvalue weighted by atomic mass is 16.5. The quantitative estimate of drug-likeness (QED) is 0.693. The van der Waals surface area contributed by atoms with Crippen molar-refractivity contribution in [3.05, 3.63) is 34.7 Å². The van der Waals surface area contributed by atoms with Crippen molar-refractivity contribution in [1.82, 2.24) is 0 Å². The van der Waals surface area contributed by atoms with Crippen molar-refractivity contribution in [1.29, 1.82) is 0 Å². The fourth-order valence-electron chi connectivity index (χ4n) is 2.36. The molecule has 17 heavy (non-hydrogen) atoms. The molecular weight excluding hydrogens is 214 g/mol. The minimum absolute atomic E-state index is 0.252. The Balaban J connectivity index is 2.66. The second kappa shape index (κ2) is 3.89. The van der Waals surface area contributed by atoms with Gasteiger partial charge >= 0.3 is 0 Å². The van der Waals surface area contributed by atoms with Crippen LogP contribution in [-0.4, -0.2) is 12.9 Å². The number of carbonyl (C=O) groups excluding carboxylic acids is 1. The van der Waals surface area contributed by atoms with Crippen LogP contribution in [0.4, 0.5) is 5.69 Å². The summed E-state index contributed by atoms with van der Waals surface area (Å²) in [6.45, 7) is 11.0. The fourth-order valence-corrected chi connectivity index (χ4v) is 2.36. The zero-order chi connectivity index (χ0) is 12.6. The van der Waals surface area contributed by atoms with Gasteiger partial charge in [0.25, 0.3) is 0 Å². The molecule has 0 aliphatic heterocycles. The third-order valence-electron chi connectivity index (χ3n) is 3.52. The Hall–Kier alpha value is -1.82. The summed E-state index contributed by atoms with van der Waals surface area (Å²) in [7, 11) is 1.55. The van der Waals surface area contributed by atoms with E-state index in [1.54, 1.807) is 7.11 Å². The Morgan fingerprint density at radius 1 is 1.35 bits per heavy atom. The maximum Gasteiger partial charge on any atom is 0.228 e. The van der Waals surface area contributed by atoms with Crippen LogP contribution in [0.15, 0.2) is 12.1 Å². The highest BCUT2D eigenvalue weighted by Gasteiger charge is 2.35. The molecule has 88 valence electrons. The maximum absolute atomic E-state index is 11.9. The predicted molar refractivity (Wildman–Crippen MR) is 65.6 cm³/mol. The molecular formula is C14H15NO2. The molecule has 0 unspecified atom stereocenters. The largest absolute Gasteiger partial charge is 0.508 e. The second-order valence-electron chi connectivity index (χ2n) is 4.84. The predicted octanol–water partition coefficient (Wildman–Crippen LogP) is 3.04. The molecule has 0 bridgehead atoms. The third-order valence-corrected chi connectivity index (χ3v) is 3.52. The van der Waals surface area contributed by atoms with Gasteiger partial charge in [0.15, 0.2) is 0 Å². The maximum atomic E-state index is 11.9. The van der Waals surface area contributed by atoms with E-state index in [0.29, 0.717) is 17.9 Å². The molecule has 0 atom stereocenters. The van der Waals surface area contributed by atoms with Gasteiger partial charge in [-0.2, -0.15) is 0 Å². The number of aryl methyl sites for hydroxylation is 1. The number of nitrogens with zero attached hydrogens (tertiary/aromatic N) is 1. The molecule has 3 nitrogen and oxygen atoms in total. The van der Waals surface area contributed by atoms with Gasteiger partial charge in [-0.15, -0.1) is 0 Å². The van der Waals surface area contributed by atoms with E-state index in [1.165, 1.54) is 0 Å². The van der Waals surface area contributed by atoms with Crippen molar-refractivity contribution in [2.45, 2.75) is 32.1 Å². The van der Waals surface area contributed by atoms with E-state index in [-0.39, 0.29) is 5.78 Å². The van der Waals surface area contributed by atoms with Gasteiger partial charge in [-0.1, -0.05) is 5.56 Å². The van der Waals surface area contributed by atoms with Crippen LogP contribution in [0.5, 0.6) is 5.75 Å². The molecule has 1 aliphatic carbocycles. The van der Waals surface area contributed by atoms with Gasteiger partial charge in [0.1, 0.15) is 11.5 Å². The SMILES string of the molecule is [C-]#[N+]c1cc2c(cc1OC)C(C)(C)C(=O)CC2. The lowest BCUT2D eigenvalue weighted by Crippen LogP contribution is -2.34. The van der Waals surface area contributed by atoms with Crippen LogP contribution < -0.4 is 4.74 Å². The first-order valence-electron chi connectivity index (χ1n) is 5.63. The van der Waals surface area contributed by atoms with Crippen molar-refractivity contribution in [2.24, 2.45) is 0 Å². The lowest BCUT2D eigenvalue weighted by atomic mass is 9.71. The summed E-state index contributed by atoms with van der Waals surface area (Å²) in [5.41, 5.74) is 2.15. The first kappa shape index (κ1) is 11.7. The van der Waals surface area contributed by atoms with Gasteiger partial charge in [-0.3, -0.25) is 4.79 Å². The van der Waals surface area contributed by atoms with Crippen LogP contribution in [0.25, 0.3) is 4.85 Å². The second-order valence-corrected chi connectivity index (χ2v) is 4.84. The number of ether oxygens (including phenoxy) is 1. The zero-order valence-corrected chi connectivity index (χ0v) is 10.3. The van der Waals surface area contributed by atoms with Crippen LogP contribution in [0.1, 0.15) is 31.4 Å². The van der Waals surface area contributed by atoms with Crippen LogP contribution >= 0.6 is 0 Å². The monoisotopic (exact) mass is 229 g/mol.